The quantitative estimate of drug-likeness (QED) is 0.353. The lowest BCUT2D eigenvalue weighted by Crippen LogP contribution is -2.32. The number of aromatic nitrogens is 3. The Morgan fingerprint density at radius 1 is 1.12 bits per heavy atom. The summed E-state index contributed by atoms with van der Waals surface area (Å²) in [6.07, 6.45) is 5.15. The number of rotatable bonds is 6. The number of ether oxygens (including phenoxy) is 1. The van der Waals surface area contributed by atoms with Gasteiger partial charge in [-0.2, -0.15) is 4.98 Å². The minimum atomic E-state index is -0.455. The van der Waals surface area contributed by atoms with Crippen LogP contribution in [-0.4, -0.2) is 26.8 Å². The SMILES string of the molecule is CC1=C(C(=O)OC2CCCCC2)C(c2ccccc2)n2nc(SCc3ccccc3F)nc2N1. The Morgan fingerprint density at radius 2 is 1.85 bits per heavy atom. The Hall–Kier alpha value is -3.13. The molecular weight excluding hydrogens is 451 g/mol. The van der Waals surface area contributed by atoms with E-state index in [2.05, 4.69) is 10.3 Å². The summed E-state index contributed by atoms with van der Waals surface area (Å²) in [5, 5.41) is 8.46. The number of carbonyl (C=O) groups excluding carboxylic acids is 1. The minimum absolute atomic E-state index is 0.0398. The van der Waals surface area contributed by atoms with Crippen LogP contribution in [0.3, 0.4) is 0 Å². The number of hydrogen-bond acceptors (Lipinski definition) is 6. The van der Waals surface area contributed by atoms with Gasteiger partial charge in [-0.25, -0.2) is 13.9 Å². The molecule has 1 aliphatic carbocycles. The Labute approximate surface area is 202 Å². The predicted molar refractivity (Wildman–Crippen MR) is 130 cm³/mol. The first-order chi connectivity index (χ1) is 16.6. The van der Waals surface area contributed by atoms with Crippen LogP contribution in [-0.2, 0) is 15.3 Å². The smallest absolute Gasteiger partial charge is 0.338 e. The fourth-order valence-corrected chi connectivity index (χ4v) is 5.37. The number of esters is 1. The highest BCUT2D eigenvalue weighted by atomic mass is 32.2. The Balaban J connectivity index is 1.44. The van der Waals surface area contributed by atoms with E-state index in [0.29, 0.717) is 33.7 Å². The lowest BCUT2D eigenvalue weighted by Gasteiger charge is -2.30. The zero-order valence-corrected chi connectivity index (χ0v) is 19.9. The second kappa shape index (κ2) is 10.0. The van der Waals surface area contributed by atoms with E-state index in [1.807, 2.05) is 43.3 Å². The average Bonchev–Trinajstić information content (AvgIpc) is 3.26. The van der Waals surface area contributed by atoms with Gasteiger partial charge in [0.1, 0.15) is 18.0 Å². The summed E-state index contributed by atoms with van der Waals surface area (Å²) >= 11 is 1.36. The maximum atomic E-state index is 14.1. The molecule has 1 unspecified atom stereocenters. The number of nitrogens with zero attached hydrogens (tertiary/aromatic N) is 3. The topological polar surface area (TPSA) is 69.0 Å². The highest BCUT2D eigenvalue weighted by Gasteiger charge is 2.36. The second-order valence-corrected chi connectivity index (χ2v) is 9.63. The van der Waals surface area contributed by atoms with Crippen LogP contribution < -0.4 is 5.32 Å². The fraction of sp³-hybridized carbons (Fsp3) is 0.346. The van der Waals surface area contributed by atoms with Gasteiger partial charge in [0.2, 0.25) is 11.1 Å². The van der Waals surface area contributed by atoms with E-state index < -0.39 is 6.04 Å². The van der Waals surface area contributed by atoms with Crippen molar-refractivity contribution in [1.82, 2.24) is 14.8 Å². The van der Waals surface area contributed by atoms with Crippen LogP contribution in [0.2, 0.25) is 0 Å². The molecule has 0 bridgehead atoms. The number of anilines is 1. The van der Waals surface area contributed by atoms with Gasteiger partial charge in [-0.1, -0.05) is 66.7 Å². The summed E-state index contributed by atoms with van der Waals surface area (Å²) < 4.78 is 21.7. The van der Waals surface area contributed by atoms with Crippen LogP contribution in [0.15, 0.2) is 71.0 Å². The number of allylic oxidation sites excluding steroid dienone is 1. The lowest BCUT2D eigenvalue weighted by molar-refractivity contribution is -0.146. The zero-order chi connectivity index (χ0) is 23.5. The monoisotopic (exact) mass is 478 g/mol. The van der Waals surface area contributed by atoms with Crippen molar-refractivity contribution in [2.24, 2.45) is 0 Å². The van der Waals surface area contributed by atoms with Crippen molar-refractivity contribution in [3.8, 4) is 0 Å². The predicted octanol–water partition coefficient (Wildman–Crippen LogP) is 5.87. The standard InChI is InChI=1S/C26H27FN4O2S/c1-17-22(24(32)33-20-13-6-3-7-14-20)23(18-10-4-2-5-11-18)31-25(28-17)29-26(30-31)34-16-19-12-8-9-15-21(19)27/h2,4-5,8-12,15,20,23H,3,6-7,13-14,16H2,1H3,(H,28,29,30). The number of nitrogens with one attached hydrogen (secondary N) is 1. The molecule has 5 rings (SSSR count). The molecule has 1 saturated carbocycles. The molecule has 34 heavy (non-hydrogen) atoms. The van der Waals surface area contributed by atoms with Gasteiger partial charge in [0.15, 0.2) is 0 Å². The second-order valence-electron chi connectivity index (χ2n) is 8.68. The van der Waals surface area contributed by atoms with Gasteiger partial charge in [-0.3, -0.25) is 0 Å². The van der Waals surface area contributed by atoms with Gasteiger partial charge < -0.3 is 10.1 Å². The molecule has 1 aliphatic heterocycles. The maximum absolute atomic E-state index is 14.1. The van der Waals surface area contributed by atoms with Crippen molar-refractivity contribution in [3.05, 3.63) is 82.8 Å². The van der Waals surface area contributed by atoms with Gasteiger partial charge >= 0.3 is 5.97 Å². The summed E-state index contributed by atoms with van der Waals surface area (Å²) in [7, 11) is 0. The number of benzene rings is 2. The first kappa shape index (κ1) is 22.7. The van der Waals surface area contributed by atoms with E-state index in [9.17, 15) is 9.18 Å². The van der Waals surface area contributed by atoms with E-state index in [4.69, 9.17) is 9.84 Å². The summed E-state index contributed by atoms with van der Waals surface area (Å²) in [5.41, 5.74) is 2.77. The van der Waals surface area contributed by atoms with Gasteiger partial charge in [0.25, 0.3) is 0 Å². The molecule has 1 N–H and O–H groups in total. The molecule has 0 saturated heterocycles. The van der Waals surface area contributed by atoms with Crippen LogP contribution in [0.4, 0.5) is 10.3 Å². The molecule has 3 aromatic rings. The summed E-state index contributed by atoms with van der Waals surface area (Å²) in [5.74, 6) is 0.406. The highest BCUT2D eigenvalue weighted by Crippen LogP contribution is 2.37. The third-order valence-electron chi connectivity index (χ3n) is 6.31. The molecule has 1 aromatic heterocycles. The molecule has 2 aliphatic rings. The molecule has 0 radical (unpaired) electrons. The Morgan fingerprint density at radius 3 is 2.62 bits per heavy atom. The first-order valence-electron chi connectivity index (χ1n) is 11.7. The van der Waals surface area contributed by atoms with Crippen LogP contribution in [0, 0.1) is 5.82 Å². The van der Waals surface area contributed by atoms with E-state index in [0.717, 1.165) is 31.2 Å². The van der Waals surface area contributed by atoms with Crippen molar-refractivity contribution >= 4 is 23.7 Å². The average molecular weight is 479 g/mol. The molecule has 2 aromatic carbocycles. The zero-order valence-electron chi connectivity index (χ0n) is 19.0. The number of carbonyl (C=O) groups is 1. The third kappa shape index (κ3) is 4.73. The molecule has 176 valence electrons. The van der Waals surface area contributed by atoms with Crippen molar-refractivity contribution in [3.63, 3.8) is 0 Å². The van der Waals surface area contributed by atoms with Crippen LogP contribution in [0.1, 0.15) is 56.2 Å². The lowest BCUT2D eigenvalue weighted by atomic mass is 9.95. The van der Waals surface area contributed by atoms with E-state index in [1.165, 1.54) is 24.2 Å². The molecule has 1 atom stereocenters. The molecule has 2 heterocycles. The molecule has 6 nitrogen and oxygen atoms in total. The fourth-order valence-electron chi connectivity index (χ4n) is 4.56. The van der Waals surface area contributed by atoms with Crippen molar-refractivity contribution < 1.29 is 13.9 Å². The molecule has 0 amide bonds. The number of thioether (sulfide) groups is 1. The van der Waals surface area contributed by atoms with Crippen LogP contribution in [0.25, 0.3) is 0 Å². The van der Waals surface area contributed by atoms with E-state index in [1.54, 1.807) is 16.8 Å². The number of halogens is 1. The van der Waals surface area contributed by atoms with Crippen molar-refractivity contribution in [1.29, 1.82) is 0 Å². The summed E-state index contributed by atoms with van der Waals surface area (Å²) in [6.45, 7) is 1.87. The largest absolute Gasteiger partial charge is 0.459 e. The molecular formula is C26H27FN4O2S. The van der Waals surface area contributed by atoms with Crippen LogP contribution >= 0.6 is 11.8 Å². The van der Waals surface area contributed by atoms with Crippen LogP contribution in [0.5, 0.6) is 0 Å². The summed E-state index contributed by atoms with van der Waals surface area (Å²) in [4.78, 5) is 18.0. The Kier molecular flexibility index (Phi) is 6.67. The summed E-state index contributed by atoms with van der Waals surface area (Å²) in [6, 6.07) is 16.0. The third-order valence-corrected chi connectivity index (χ3v) is 7.20. The molecule has 1 fully saturated rings. The number of hydrogen-bond donors (Lipinski definition) is 1. The van der Waals surface area contributed by atoms with E-state index in [-0.39, 0.29) is 17.9 Å². The van der Waals surface area contributed by atoms with Crippen molar-refractivity contribution in [2.75, 3.05) is 5.32 Å². The maximum Gasteiger partial charge on any atom is 0.338 e. The number of fused-ring (bicyclic) bond motifs is 1. The van der Waals surface area contributed by atoms with Gasteiger partial charge in [-0.15, -0.1) is 5.10 Å². The van der Waals surface area contributed by atoms with E-state index >= 15 is 0 Å². The molecule has 0 spiro atoms. The normalized spacial score (nSPS) is 18.4. The van der Waals surface area contributed by atoms with Gasteiger partial charge in [-0.05, 0) is 49.8 Å². The highest BCUT2D eigenvalue weighted by molar-refractivity contribution is 7.98. The van der Waals surface area contributed by atoms with Gasteiger partial charge in [0.05, 0.1) is 5.57 Å². The van der Waals surface area contributed by atoms with Crippen molar-refractivity contribution in [2.45, 2.75) is 62.1 Å². The Bertz CT molecular complexity index is 1200. The molecule has 8 heteroatoms. The van der Waals surface area contributed by atoms with Gasteiger partial charge in [0, 0.05) is 11.4 Å². The first-order valence-corrected chi connectivity index (χ1v) is 12.6. The minimum Gasteiger partial charge on any atom is -0.459 e.